The molecule has 0 unspecified atom stereocenters. The largest absolute Gasteiger partial charge is 0.325 e. The normalized spacial score (nSPS) is 10.6. The Kier molecular flexibility index (Phi) is 7.62. The molecule has 19 heavy (non-hydrogen) atoms. The van der Waals surface area contributed by atoms with Gasteiger partial charge in [0, 0.05) is 12.2 Å². The van der Waals surface area contributed by atoms with Crippen LogP contribution in [-0.2, 0) is 14.8 Å². The molecule has 0 bridgehead atoms. The predicted octanol–water partition coefficient (Wildman–Crippen LogP) is 0.694. The molecule has 0 saturated heterocycles. The Labute approximate surface area is 119 Å². The molecule has 0 saturated carbocycles. The smallest absolute Gasteiger partial charge is 0.240 e. The second-order valence-corrected chi connectivity index (χ2v) is 5.44. The second-order valence-electron chi connectivity index (χ2n) is 3.67. The SMILES string of the molecule is CCCNS(=O)(=O)c1ccc(NC(=O)CN)cc1.Cl. The molecule has 0 aromatic heterocycles. The van der Waals surface area contributed by atoms with Crippen LogP contribution in [0, 0.1) is 0 Å². The van der Waals surface area contributed by atoms with Gasteiger partial charge in [0.2, 0.25) is 15.9 Å². The summed E-state index contributed by atoms with van der Waals surface area (Å²) in [4.78, 5) is 11.2. The lowest BCUT2D eigenvalue weighted by molar-refractivity contribution is -0.114. The molecule has 1 aromatic rings. The van der Waals surface area contributed by atoms with Crippen molar-refractivity contribution in [2.45, 2.75) is 18.2 Å². The standard InChI is InChI=1S/C11H17N3O3S.ClH/c1-2-7-13-18(16,17)10-5-3-9(4-6-10)14-11(15)8-12;/h3-6,13H,2,7-8,12H2,1H3,(H,14,15);1H. The summed E-state index contributed by atoms with van der Waals surface area (Å²) in [5, 5.41) is 2.53. The van der Waals surface area contributed by atoms with Gasteiger partial charge in [0.25, 0.3) is 0 Å². The molecule has 6 nitrogen and oxygen atoms in total. The molecule has 0 spiro atoms. The lowest BCUT2D eigenvalue weighted by Gasteiger charge is -2.07. The van der Waals surface area contributed by atoms with Crippen molar-refractivity contribution >= 4 is 34.0 Å². The number of halogens is 1. The van der Waals surface area contributed by atoms with Crippen molar-refractivity contribution in [1.29, 1.82) is 0 Å². The van der Waals surface area contributed by atoms with E-state index in [-0.39, 0.29) is 29.8 Å². The molecular weight excluding hydrogens is 290 g/mol. The summed E-state index contributed by atoms with van der Waals surface area (Å²) in [6, 6.07) is 5.91. The number of benzene rings is 1. The van der Waals surface area contributed by atoms with Crippen LogP contribution in [-0.4, -0.2) is 27.4 Å². The van der Waals surface area contributed by atoms with Crippen LogP contribution >= 0.6 is 12.4 Å². The van der Waals surface area contributed by atoms with Gasteiger partial charge >= 0.3 is 0 Å². The average Bonchev–Trinajstić information content (AvgIpc) is 2.37. The maximum absolute atomic E-state index is 11.8. The van der Waals surface area contributed by atoms with E-state index < -0.39 is 10.0 Å². The lowest BCUT2D eigenvalue weighted by Crippen LogP contribution is -2.24. The molecule has 0 atom stereocenters. The molecule has 1 amide bonds. The van der Waals surface area contributed by atoms with E-state index in [1.54, 1.807) is 0 Å². The highest BCUT2D eigenvalue weighted by Gasteiger charge is 2.12. The van der Waals surface area contributed by atoms with Crippen LogP contribution in [0.25, 0.3) is 0 Å². The van der Waals surface area contributed by atoms with Crippen molar-refractivity contribution in [1.82, 2.24) is 4.72 Å². The Bertz CT molecular complexity index is 502. The van der Waals surface area contributed by atoms with E-state index in [1.807, 2.05) is 6.92 Å². The zero-order valence-corrected chi connectivity index (χ0v) is 12.2. The van der Waals surface area contributed by atoms with Gasteiger partial charge in [-0.05, 0) is 30.7 Å². The van der Waals surface area contributed by atoms with Gasteiger partial charge in [-0.1, -0.05) is 6.92 Å². The molecule has 0 aliphatic heterocycles. The van der Waals surface area contributed by atoms with E-state index in [9.17, 15) is 13.2 Å². The topological polar surface area (TPSA) is 101 Å². The maximum atomic E-state index is 11.8. The minimum atomic E-state index is -3.46. The number of hydrogen-bond acceptors (Lipinski definition) is 4. The van der Waals surface area contributed by atoms with Crippen LogP contribution in [0.15, 0.2) is 29.2 Å². The highest BCUT2D eigenvalue weighted by atomic mass is 35.5. The molecule has 1 rings (SSSR count). The minimum Gasteiger partial charge on any atom is -0.325 e. The summed E-state index contributed by atoms with van der Waals surface area (Å²) in [5.41, 5.74) is 5.67. The van der Waals surface area contributed by atoms with Crippen LogP contribution in [0.2, 0.25) is 0 Å². The first kappa shape index (κ1) is 17.8. The van der Waals surface area contributed by atoms with Gasteiger partial charge < -0.3 is 11.1 Å². The molecule has 0 aliphatic rings. The number of carbonyl (C=O) groups is 1. The van der Waals surface area contributed by atoms with E-state index in [0.717, 1.165) is 6.42 Å². The summed E-state index contributed by atoms with van der Waals surface area (Å²) < 4.78 is 26.0. The van der Waals surface area contributed by atoms with Crippen molar-refractivity contribution in [3.8, 4) is 0 Å². The van der Waals surface area contributed by atoms with Crippen molar-refractivity contribution in [3.63, 3.8) is 0 Å². The zero-order valence-electron chi connectivity index (χ0n) is 10.5. The van der Waals surface area contributed by atoms with E-state index in [4.69, 9.17) is 5.73 Å². The second kappa shape index (κ2) is 8.11. The number of amides is 1. The highest BCUT2D eigenvalue weighted by Crippen LogP contribution is 2.13. The number of anilines is 1. The fourth-order valence-corrected chi connectivity index (χ4v) is 2.38. The van der Waals surface area contributed by atoms with Crippen molar-refractivity contribution < 1.29 is 13.2 Å². The van der Waals surface area contributed by atoms with E-state index in [2.05, 4.69) is 10.0 Å². The summed E-state index contributed by atoms with van der Waals surface area (Å²) in [6.45, 7) is 2.17. The number of carbonyl (C=O) groups excluding carboxylic acids is 1. The van der Waals surface area contributed by atoms with Crippen LogP contribution in [0.1, 0.15) is 13.3 Å². The molecule has 0 radical (unpaired) electrons. The Hall–Kier alpha value is -1.15. The van der Waals surface area contributed by atoms with Gasteiger partial charge in [-0.15, -0.1) is 12.4 Å². The predicted molar refractivity (Wildman–Crippen MR) is 76.9 cm³/mol. The number of nitrogens with two attached hydrogens (primary N) is 1. The third kappa shape index (κ3) is 5.56. The van der Waals surface area contributed by atoms with Gasteiger partial charge in [-0.25, -0.2) is 13.1 Å². The Morgan fingerprint density at radius 1 is 1.26 bits per heavy atom. The Balaban J connectivity index is 0.00000324. The van der Waals surface area contributed by atoms with Gasteiger partial charge in [0.1, 0.15) is 0 Å². The molecule has 0 fully saturated rings. The van der Waals surface area contributed by atoms with E-state index in [1.165, 1.54) is 24.3 Å². The van der Waals surface area contributed by atoms with E-state index in [0.29, 0.717) is 12.2 Å². The fourth-order valence-electron chi connectivity index (χ4n) is 1.25. The molecule has 1 aromatic carbocycles. The monoisotopic (exact) mass is 307 g/mol. The van der Waals surface area contributed by atoms with Gasteiger partial charge in [-0.2, -0.15) is 0 Å². The van der Waals surface area contributed by atoms with Gasteiger partial charge in [-0.3, -0.25) is 4.79 Å². The highest BCUT2D eigenvalue weighted by molar-refractivity contribution is 7.89. The maximum Gasteiger partial charge on any atom is 0.240 e. The van der Waals surface area contributed by atoms with Crippen LogP contribution < -0.4 is 15.8 Å². The average molecular weight is 308 g/mol. The molecular formula is C11H18ClN3O3S. The summed E-state index contributed by atoms with van der Waals surface area (Å²) in [5.74, 6) is -0.324. The van der Waals surface area contributed by atoms with E-state index >= 15 is 0 Å². The minimum absolute atomic E-state index is 0. The fraction of sp³-hybridized carbons (Fsp3) is 0.364. The summed E-state index contributed by atoms with van der Waals surface area (Å²) in [6.07, 6.45) is 0.726. The molecule has 4 N–H and O–H groups in total. The van der Waals surface area contributed by atoms with Crippen LogP contribution in [0.5, 0.6) is 0 Å². The molecule has 0 heterocycles. The first-order valence-corrected chi connectivity index (χ1v) is 7.07. The first-order chi connectivity index (χ1) is 8.49. The Morgan fingerprint density at radius 2 is 1.84 bits per heavy atom. The quantitative estimate of drug-likeness (QED) is 0.720. The lowest BCUT2D eigenvalue weighted by atomic mass is 10.3. The van der Waals surface area contributed by atoms with Gasteiger partial charge in [0.05, 0.1) is 11.4 Å². The number of rotatable bonds is 6. The molecule has 0 aliphatic carbocycles. The first-order valence-electron chi connectivity index (χ1n) is 5.59. The third-order valence-corrected chi connectivity index (χ3v) is 3.65. The van der Waals surface area contributed by atoms with Crippen LogP contribution in [0.3, 0.4) is 0 Å². The number of nitrogens with one attached hydrogen (secondary N) is 2. The summed E-state index contributed by atoms with van der Waals surface area (Å²) in [7, 11) is -3.46. The van der Waals surface area contributed by atoms with Gasteiger partial charge in [0.15, 0.2) is 0 Å². The zero-order chi connectivity index (χ0) is 13.6. The van der Waals surface area contributed by atoms with Crippen LogP contribution in [0.4, 0.5) is 5.69 Å². The van der Waals surface area contributed by atoms with Crippen molar-refractivity contribution in [2.24, 2.45) is 5.73 Å². The number of hydrogen-bond donors (Lipinski definition) is 3. The molecule has 108 valence electrons. The third-order valence-electron chi connectivity index (χ3n) is 2.18. The molecule has 8 heteroatoms. The number of sulfonamides is 1. The van der Waals surface area contributed by atoms with Crippen molar-refractivity contribution in [3.05, 3.63) is 24.3 Å². The Morgan fingerprint density at radius 3 is 2.32 bits per heavy atom. The summed E-state index contributed by atoms with van der Waals surface area (Å²) >= 11 is 0. The van der Waals surface area contributed by atoms with Crippen molar-refractivity contribution in [2.75, 3.05) is 18.4 Å².